The first-order valence-electron chi connectivity index (χ1n) is 5.87. The number of nitrogens with zero attached hydrogens (tertiary/aromatic N) is 2. The van der Waals surface area contributed by atoms with Gasteiger partial charge in [-0.05, 0) is 36.4 Å². The van der Waals surface area contributed by atoms with E-state index in [-0.39, 0.29) is 5.69 Å². The van der Waals surface area contributed by atoms with Gasteiger partial charge in [0.25, 0.3) is 10.0 Å². The molecule has 1 N–H and O–H groups in total. The number of halogens is 2. The van der Waals surface area contributed by atoms with Gasteiger partial charge >= 0.3 is 0 Å². The maximum Gasteiger partial charge on any atom is 0.264 e. The minimum atomic E-state index is -4.21. The maximum atomic E-state index is 13.6. The highest BCUT2D eigenvalue weighted by Crippen LogP contribution is 2.20. The van der Waals surface area contributed by atoms with Crippen LogP contribution in [-0.4, -0.2) is 18.0 Å². The summed E-state index contributed by atoms with van der Waals surface area (Å²) in [6.45, 7) is 0. The van der Waals surface area contributed by atoms with Gasteiger partial charge in [0.1, 0.15) is 16.5 Å². The smallest absolute Gasteiger partial charge is 0.264 e. The molecule has 8 heteroatoms. The quantitative estimate of drug-likeness (QED) is 0.808. The summed E-state index contributed by atoms with van der Waals surface area (Å²) in [6.07, 6.45) is 3.11. The monoisotopic (exact) mass is 309 g/mol. The third kappa shape index (κ3) is 2.57. The van der Waals surface area contributed by atoms with Gasteiger partial charge in [-0.2, -0.15) is 5.10 Å². The topological polar surface area (TPSA) is 63.5 Å². The zero-order valence-electron chi connectivity index (χ0n) is 10.5. The van der Waals surface area contributed by atoms with Crippen molar-refractivity contribution in [3.05, 3.63) is 60.4 Å². The summed E-state index contributed by atoms with van der Waals surface area (Å²) in [5.41, 5.74) is 0.890. The molecule has 0 aliphatic rings. The van der Waals surface area contributed by atoms with Crippen LogP contribution < -0.4 is 4.72 Å². The number of aromatic nitrogens is 2. The summed E-state index contributed by atoms with van der Waals surface area (Å²) >= 11 is 0. The van der Waals surface area contributed by atoms with E-state index in [1.165, 1.54) is 12.1 Å². The molecule has 5 nitrogen and oxygen atoms in total. The Morgan fingerprint density at radius 2 is 1.90 bits per heavy atom. The SMILES string of the molecule is O=S(=O)(Nc1ccn2nccc2c1)c1cc(F)ccc1F. The molecule has 0 amide bonds. The van der Waals surface area contributed by atoms with E-state index in [4.69, 9.17) is 0 Å². The largest absolute Gasteiger partial charge is 0.279 e. The number of benzene rings is 1. The van der Waals surface area contributed by atoms with E-state index in [9.17, 15) is 17.2 Å². The molecule has 3 rings (SSSR count). The summed E-state index contributed by atoms with van der Waals surface area (Å²) < 4.78 is 54.7. The van der Waals surface area contributed by atoms with Crippen LogP contribution in [0, 0.1) is 11.6 Å². The van der Waals surface area contributed by atoms with Gasteiger partial charge in [-0.25, -0.2) is 21.7 Å². The highest BCUT2D eigenvalue weighted by atomic mass is 32.2. The highest BCUT2D eigenvalue weighted by Gasteiger charge is 2.20. The molecule has 0 radical (unpaired) electrons. The van der Waals surface area contributed by atoms with Gasteiger partial charge in [-0.1, -0.05) is 0 Å². The van der Waals surface area contributed by atoms with E-state index < -0.39 is 26.6 Å². The number of hydrogen-bond donors (Lipinski definition) is 1. The molecule has 21 heavy (non-hydrogen) atoms. The van der Waals surface area contributed by atoms with Crippen molar-refractivity contribution in [2.45, 2.75) is 4.90 Å². The van der Waals surface area contributed by atoms with Gasteiger partial charge in [0, 0.05) is 12.4 Å². The minimum Gasteiger partial charge on any atom is -0.279 e. The van der Waals surface area contributed by atoms with Crippen molar-refractivity contribution >= 4 is 21.2 Å². The van der Waals surface area contributed by atoms with E-state index in [1.54, 1.807) is 23.0 Å². The molecular formula is C13H9F2N3O2S. The van der Waals surface area contributed by atoms with E-state index in [0.29, 0.717) is 11.6 Å². The summed E-state index contributed by atoms with van der Waals surface area (Å²) in [4.78, 5) is -0.740. The lowest BCUT2D eigenvalue weighted by Gasteiger charge is -2.09. The van der Waals surface area contributed by atoms with Crippen LogP contribution in [0.4, 0.5) is 14.5 Å². The molecule has 0 aliphatic carbocycles. The molecule has 0 saturated heterocycles. The fraction of sp³-hybridized carbons (Fsp3) is 0. The van der Waals surface area contributed by atoms with Crippen molar-refractivity contribution in [3.8, 4) is 0 Å². The zero-order valence-corrected chi connectivity index (χ0v) is 11.3. The van der Waals surface area contributed by atoms with Gasteiger partial charge in [0.2, 0.25) is 0 Å². The fourth-order valence-electron chi connectivity index (χ4n) is 1.88. The second-order valence-electron chi connectivity index (χ2n) is 4.30. The summed E-state index contributed by atoms with van der Waals surface area (Å²) in [7, 11) is -4.21. The van der Waals surface area contributed by atoms with Crippen molar-refractivity contribution in [3.63, 3.8) is 0 Å². The Labute approximate surface area is 118 Å². The number of nitrogens with one attached hydrogen (secondary N) is 1. The molecule has 0 atom stereocenters. The number of pyridine rings is 1. The van der Waals surface area contributed by atoms with Gasteiger partial charge in [0.05, 0.1) is 11.2 Å². The lowest BCUT2D eigenvalue weighted by atomic mass is 10.3. The first kappa shape index (κ1) is 13.5. The van der Waals surface area contributed by atoms with Crippen LogP contribution in [0.15, 0.2) is 53.7 Å². The molecule has 2 heterocycles. The van der Waals surface area contributed by atoms with Crippen LogP contribution in [0.25, 0.3) is 5.52 Å². The summed E-state index contributed by atoms with van der Waals surface area (Å²) in [5.74, 6) is -1.85. The lowest BCUT2D eigenvalue weighted by molar-refractivity contribution is 0.555. The molecule has 0 spiro atoms. The highest BCUT2D eigenvalue weighted by molar-refractivity contribution is 7.92. The van der Waals surface area contributed by atoms with Crippen molar-refractivity contribution < 1.29 is 17.2 Å². The maximum absolute atomic E-state index is 13.6. The Kier molecular flexibility index (Phi) is 3.09. The molecular weight excluding hydrogens is 300 g/mol. The van der Waals surface area contributed by atoms with Gasteiger partial charge < -0.3 is 0 Å². The first-order valence-corrected chi connectivity index (χ1v) is 7.35. The van der Waals surface area contributed by atoms with Crippen LogP contribution in [0.5, 0.6) is 0 Å². The Morgan fingerprint density at radius 1 is 1.10 bits per heavy atom. The normalized spacial score (nSPS) is 11.7. The standard InChI is InChI=1S/C13H9F2N3O2S/c14-9-1-2-12(15)13(7-9)21(19,20)17-10-4-6-18-11(8-10)3-5-16-18/h1-8,17H. The van der Waals surface area contributed by atoms with Crippen molar-refractivity contribution in [1.29, 1.82) is 0 Å². The van der Waals surface area contributed by atoms with Crippen LogP contribution in [0.2, 0.25) is 0 Å². The second-order valence-corrected chi connectivity index (χ2v) is 5.95. The number of sulfonamides is 1. The molecule has 3 aromatic rings. The lowest BCUT2D eigenvalue weighted by Crippen LogP contribution is -2.15. The molecule has 108 valence electrons. The van der Waals surface area contributed by atoms with Crippen molar-refractivity contribution in [2.24, 2.45) is 0 Å². The van der Waals surface area contributed by atoms with E-state index in [0.717, 1.165) is 12.1 Å². The Bertz CT molecular complexity index is 922. The zero-order chi connectivity index (χ0) is 15.0. The van der Waals surface area contributed by atoms with Gasteiger partial charge in [-0.15, -0.1) is 0 Å². The third-order valence-corrected chi connectivity index (χ3v) is 4.23. The van der Waals surface area contributed by atoms with Crippen LogP contribution >= 0.6 is 0 Å². The Hall–Kier alpha value is -2.48. The number of fused-ring (bicyclic) bond motifs is 1. The van der Waals surface area contributed by atoms with Crippen LogP contribution in [0.3, 0.4) is 0 Å². The predicted molar refractivity (Wildman–Crippen MR) is 72.4 cm³/mol. The average Bonchev–Trinajstić information content (AvgIpc) is 2.88. The first-order chi connectivity index (χ1) is 9.95. The number of anilines is 1. The molecule has 0 aliphatic heterocycles. The number of rotatable bonds is 3. The molecule has 0 bridgehead atoms. The van der Waals surface area contributed by atoms with E-state index in [2.05, 4.69) is 9.82 Å². The molecule has 0 saturated carbocycles. The summed E-state index contributed by atoms with van der Waals surface area (Å²) in [5, 5.41) is 3.97. The molecule has 1 aromatic carbocycles. The molecule has 0 unspecified atom stereocenters. The van der Waals surface area contributed by atoms with E-state index in [1.807, 2.05) is 0 Å². The minimum absolute atomic E-state index is 0.228. The molecule has 2 aromatic heterocycles. The predicted octanol–water partition coefficient (Wildman–Crippen LogP) is 2.41. The van der Waals surface area contributed by atoms with Crippen molar-refractivity contribution in [1.82, 2.24) is 9.61 Å². The van der Waals surface area contributed by atoms with E-state index >= 15 is 0 Å². The second kappa shape index (κ2) is 4.81. The average molecular weight is 309 g/mol. The Balaban J connectivity index is 2.00. The van der Waals surface area contributed by atoms with Gasteiger partial charge in [0.15, 0.2) is 0 Å². The van der Waals surface area contributed by atoms with Gasteiger partial charge in [-0.3, -0.25) is 4.72 Å². The summed E-state index contributed by atoms with van der Waals surface area (Å²) in [6, 6.07) is 6.93. The number of hydrogen-bond acceptors (Lipinski definition) is 3. The molecule has 0 fully saturated rings. The van der Waals surface area contributed by atoms with Crippen LogP contribution in [-0.2, 0) is 10.0 Å². The van der Waals surface area contributed by atoms with Crippen molar-refractivity contribution in [2.75, 3.05) is 4.72 Å². The van der Waals surface area contributed by atoms with Crippen LogP contribution in [0.1, 0.15) is 0 Å². The fourth-order valence-corrected chi connectivity index (χ4v) is 3.02. The Morgan fingerprint density at radius 3 is 2.71 bits per heavy atom. The third-order valence-electron chi connectivity index (χ3n) is 2.83.